The van der Waals surface area contributed by atoms with Crippen LogP contribution in [-0.4, -0.2) is 38.2 Å². The molecule has 0 rings (SSSR count). The highest BCUT2D eigenvalue weighted by Gasteiger charge is 2.50. The Bertz CT molecular complexity index is 242. The third-order valence-corrected chi connectivity index (χ3v) is 1.60. The Morgan fingerprint density at radius 2 is 1.79 bits per heavy atom. The first-order valence-corrected chi connectivity index (χ1v) is 3.92. The number of ether oxygens (including phenoxy) is 1. The molecule has 0 heterocycles. The van der Waals surface area contributed by atoms with E-state index in [1.54, 1.807) is 0 Å². The molecule has 0 unspecified atom stereocenters. The van der Waals surface area contributed by atoms with Crippen molar-refractivity contribution >= 4 is 5.97 Å². The molecule has 0 aromatic carbocycles. The van der Waals surface area contributed by atoms with Crippen LogP contribution in [0.4, 0.5) is 0 Å². The molecular formula is C8H14O6. The molecule has 0 aliphatic carbocycles. The fourth-order valence-corrected chi connectivity index (χ4v) is 0.528. The van der Waals surface area contributed by atoms with Crippen LogP contribution >= 0.6 is 0 Å². The average molecular weight is 206 g/mol. The summed E-state index contributed by atoms with van der Waals surface area (Å²) in [5.41, 5.74) is -0.0932. The maximum atomic E-state index is 10.9. The maximum absolute atomic E-state index is 10.9. The van der Waals surface area contributed by atoms with E-state index < -0.39 is 24.2 Å². The Labute approximate surface area is 81.1 Å². The SMILES string of the molecule is C=C(C)C(=O)OC(O)(O)C(O)(O)CC. The quantitative estimate of drug-likeness (QED) is 0.262. The number of rotatable bonds is 4. The lowest BCUT2D eigenvalue weighted by Gasteiger charge is -2.32. The summed E-state index contributed by atoms with van der Waals surface area (Å²) < 4.78 is 4.03. The monoisotopic (exact) mass is 206 g/mol. The minimum absolute atomic E-state index is 0.0932. The van der Waals surface area contributed by atoms with E-state index in [9.17, 15) is 4.79 Å². The molecule has 0 aromatic rings. The summed E-state index contributed by atoms with van der Waals surface area (Å²) in [6.45, 7) is 5.74. The molecule has 0 spiro atoms. The largest absolute Gasteiger partial charge is 0.400 e. The average Bonchev–Trinajstić information content (AvgIpc) is 2.03. The normalized spacial score (nSPS) is 12.4. The van der Waals surface area contributed by atoms with Gasteiger partial charge >= 0.3 is 11.9 Å². The van der Waals surface area contributed by atoms with Crippen molar-refractivity contribution in [3.63, 3.8) is 0 Å². The van der Waals surface area contributed by atoms with Crippen molar-refractivity contribution in [3.05, 3.63) is 12.2 Å². The summed E-state index contributed by atoms with van der Waals surface area (Å²) in [7, 11) is 0. The molecule has 0 fully saturated rings. The Balaban J connectivity index is 4.65. The van der Waals surface area contributed by atoms with Gasteiger partial charge in [0.1, 0.15) is 0 Å². The lowest BCUT2D eigenvalue weighted by molar-refractivity contribution is -0.444. The standard InChI is InChI=1S/C8H14O6/c1-4-7(10,11)8(12,13)14-6(9)5(2)3/h10-13H,2,4H2,1,3H3. The maximum Gasteiger partial charge on any atom is 0.381 e. The summed E-state index contributed by atoms with van der Waals surface area (Å²) in [5.74, 6) is -7.40. The zero-order valence-electron chi connectivity index (χ0n) is 8.02. The van der Waals surface area contributed by atoms with Crippen molar-refractivity contribution < 1.29 is 30.0 Å². The zero-order valence-corrected chi connectivity index (χ0v) is 8.02. The van der Waals surface area contributed by atoms with Gasteiger partial charge in [-0.1, -0.05) is 13.5 Å². The lowest BCUT2D eigenvalue weighted by Crippen LogP contribution is -2.56. The second-order valence-corrected chi connectivity index (χ2v) is 2.95. The van der Waals surface area contributed by atoms with Gasteiger partial charge in [0.15, 0.2) is 0 Å². The number of aliphatic hydroxyl groups is 4. The van der Waals surface area contributed by atoms with E-state index in [-0.39, 0.29) is 5.57 Å². The van der Waals surface area contributed by atoms with Gasteiger partial charge in [0.2, 0.25) is 0 Å². The molecule has 6 nitrogen and oxygen atoms in total. The van der Waals surface area contributed by atoms with E-state index in [0.717, 1.165) is 0 Å². The number of hydrogen-bond donors (Lipinski definition) is 4. The van der Waals surface area contributed by atoms with E-state index in [1.807, 2.05) is 0 Å². The van der Waals surface area contributed by atoms with Gasteiger partial charge in [0, 0.05) is 12.0 Å². The third kappa shape index (κ3) is 2.78. The molecule has 0 radical (unpaired) electrons. The van der Waals surface area contributed by atoms with Gasteiger partial charge in [-0.3, -0.25) is 0 Å². The fourth-order valence-electron chi connectivity index (χ4n) is 0.528. The predicted molar refractivity (Wildman–Crippen MR) is 45.5 cm³/mol. The predicted octanol–water partition coefficient (Wildman–Crippen LogP) is -1.17. The topological polar surface area (TPSA) is 107 Å². The highest BCUT2D eigenvalue weighted by molar-refractivity contribution is 5.87. The Morgan fingerprint density at radius 3 is 2.07 bits per heavy atom. The first-order valence-electron chi connectivity index (χ1n) is 3.92. The molecule has 0 aliphatic heterocycles. The molecule has 6 heteroatoms. The van der Waals surface area contributed by atoms with Crippen molar-refractivity contribution in [1.82, 2.24) is 0 Å². The summed E-state index contributed by atoms with van der Waals surface area (Å²) >= 11 is 0. The summed E-state index contributed by atoms with van der Waals surface area (Å²) in [5, 5.41) is 36.1. The van der Waals surface area contributed by atoms with Crippen LogP contribution in [0.5, 0.6) is 0 Å². The Kier molecular flexibility index (Phi) is 3.78. The van der Waals surface area contributed by atoms with E-state index >= 15 is 0 Å². The van der Waals surface area contributed by atoms with Crippen molar-refractivity contribution in [2.45, 2.75) is 32.0 Å². The van der Waals surface area contributed by atoms with Crippen molar-refractivity contribution in [1.29, 1.82) is 0 Å². The van der Waals surface area contributed by atoms with Crippen molar-refractivity contribution in [2.75, 3.05) is 0 Å². The van der Waals surface area contributed by atoms with Crippen LogP contribution in [0, 0.1) is 0 Å². The fraction of sp³-hybridized carbons (Fsp3) is 0.625. The second kappa shape index (κ2) is 4.05. The van der Waals surface area contributed by atoms with Crippen LogP contribution in [0.3, 0.4) is 0 Å². The first-order chi connectivity index (χ1) is 6.14. The van der Waals surface area contributed by atoms with Gasteiger partial charge in [-0.2, -0.15) is 0 Å². The van der Waals surface area contributed by atoms with Crippen LogP contribution in [0.2, 0.25) is 0 Å². The van der Waals surface area contributed by atoms with E-state index in [4.69, 9.17) is 20.4 Å². The third-order valence-electron chi connectivity index (χ3n) is 1.60. The number of carbonyl (C=O) groups excluding carboxylic acids is 1. The van der Waals surface area contributed by atoms with Crippen LogP contribution in [0.25, 0.3) is 0 Å². The lowest BCUT2D eigenvalue weighted by atomic mass is 10.1. The first kappa shape index (κ1) is 13.1. The van der Waals surface area contributed by atoms with Crippen molar-refractivity contribution in [2.24, 2.45) is 0 Å². The minimum Gasteiger partial charge on any atom is -0.400 e. The molecule has 82 valence electrons. The molecule has 0 bridgehead atoms. The number of hydrogen-bond acceptors (Lipinski definition) is 6. The molecular weight excluding hydrogens is 192 g/mol. The molecule has 0 atom stereocenters. The van der Waals surface area contributed by atoms with Gasteiger partial charge in [-0.25, -0.2) is 4.79 Å². The van der Waals surface area contributed by atoms with E-state index in [2.05, 4.69) is 11.3 Å². The van der Waals surface area contributed by atoms with Crippen molar-refractivity contribution in [3.8, 4) is 0 Å². The van der Waals surface area contributed by atoms with E-state index in [1.165, 1.54) is 13.8 Å². The smallest absolute Gasteiger partial charge is 0.381 e. The Morgan fingerprint density at radius 1 is 1.36 bits per heavy atom. The van der Waals surface area contributed by atoms with Crippen LogP contribution in [0.15, 0.2) is 12.2 Å². The zero-order chi connectivity index (χ0) is 11.6. The van der Waals surface area contributed by atoms with Gasteiger partial charge < -0.3 is 25.2 Å². The molecule has 4 N–H and O–H groups in total. The Hall–Kier alpha value is -0.950. The molecule has 0 aromatic heterocycles. The van der Waals surface area contributed by atoms with Gasteiger partial charge in [0.05, 0.1) is 0 Å². The van der Waals surface area contributed by atoms with Gasteiger partial charge in [-0.15, -0.1) is 0 Å². The molecule has 14 heavy (non-hydrogen) atoms. The van der Waals surface area contributed by atoms with Gasteiger partial charge in [-0.05, 0) is 6.92 Å². The highest BCUT2D eigenvalue weighted by Crippen LogP contribution is 2.22. The second-order valence-electron chi connectivity index (χ2n) is 2.95. The minimum atomic E-state index is -3.35. The molecule has 0 aliphatic rings. The molecule has 0 amide bonds. The summed E-state index contributed by atoms with van der Waals surface area (Å²) in [4.78, 5) is 10.9. The van der Waals surface area contributed by atoms with E-state index in [0.29, 0.717) is 0 Å². The molecule has 0 saturated heterocycles. The van der Waals surface area contributed by atoms with Crippen LogP contribution in [0.1, 0.15) is 20.3 Å². The highest BCUT2D eigenvalue weighted by atomic mass is 16.8. The summed E-state index contributed by atoms with van der Waals surface area (Å²) in [6.07, 6.45) is -0.427. The number of carbonyl (C=O) groups is 1. The van der Waals surface area contributed by atoms with Crippen LogP contribution < -0.4 is 0 Å². The summed E-state index contributed by atoms with van der Waals surface area (Å²) in [6, 6.07) is 0. The van der Waals surface area contributed by atoms with Gasteiger partial charge in [0.25, 0.3) is 5.79 Å². The number of esters is 1. The van der Waals surface area contributed by atoms with Crippen LogP contribution in [-0.2, 0) is 9.53 Å². The molecule has 0 saturated carbocycles.